The zero-order valence-electron chi connectivity index (χ0n) is 12.9. The van der Waals surface area contributed by atoms with Gasteiger partial charge in [0, 0.05) is 50.3 Å². The van der Waals surface area contributed by atoms with Gasteiger partial charge in [0.15, 0.2) is 0 Å². The molecule has 0 amide bonds. The van der Waals surface area contributed by atoms with E-state index in [1.807, 2.05) is 12.4 Å². The number of hydrogen-bond acceptors (Lipinski definition) is 3. The number of aromatic nitrogens is 1. The van der Waals surface area contributed by atoms with Crippen molar-refractivity contribution in [2.75, 3.05) is 24.5 Å². The highest BCUT2D eigenvalue weighted by Gasteiger charge is 2.24. The van der Waals surface area contributed by atoms with Gasteiger partial charge in [-0.1, -0.05) is 18.2 Å². The van der Waals surface area contributed by atoms with Crippen molar-refractivity contribution in [2.45, 2.75) is 26.4 Å². The summed E-state index contributed by atoms with van der Waals surface area (Å²) in [6.45, 7) is 8.84. The molecule has 3 heteroatoms. The molecule has 1 aromatic heterocycles. The van der Waals surface area contributed by atoms with Crippen LogP contribution in [0.5, 0.6) is 0 Å². The predicted octanol–water partition coefficient (Wildman–Crippen LogP) is 3.10. The average molecular weight is 281 g/mol. The van der Waals surface area contributed by atoms with E-state index in [0.29, 0.717) is 6.04 Å². The standard InChI is InChI=1S/C18H23N3/c1-15-5-3-4-6-18(15)21-12-11-20(16(2)13-21)14-17-7-9-19-10-8-17/h3-10,16H,11-14H2,1-2H3. The van der Waals surface area contributed by atoms with Gasteiger partial charge in [-0.3, -0.25) is 9.88 Å². The predicted molar refractivity (Wildman–Crippen MR) is 87.5 cm³/mol. The fourth-order valence-corrected chi connectivity index (χ4v) is 3.09. The first-order chi connectivity index (χ1) is 10.2. The minimum absolute atomic E-state index is 0.562. The van der Waals surface area contributed by atoms with Crippen LogP contribution in [0.15, 0.2) is 48.8 Å². The lowest BCUT2D eigenvalue weighted by Gasteiger charge is -2.41. The Bertz CT molecular complexity index is 582. The van der Waals surface area contributed by atoms with Gasteiger partial charge in [-0.15, -0.1) is 0 Å². The number of rotatable bonds is 3. The highest BCUT2D eigenvalue weighted by molar-refractivity contribution is 5.53. The molecule has 1 aliphatic rings. The zero-order valence-corrected chi connectivity index (χ0v) is 12.9. The van der Waals surface area contributed by atoms with Gasteiger partial charge in [-0.25, -0.2) is 0 Å². The molecule has 1 atom stereocenters. The Kier molecular flexibility index (Phi) is 4.20. The largest absolute Gasteiger partial charge is 0.368 e. The third-order valence-corrected chi connectivity index (χ3v) is 4.36. The van der Waals surface area contributed by atoms with Gasteiger partial charge in [-0.2, -0.15) is 0 Å². The van der Waals surface area contributed by atoms with E-state index in [1.165, 1.54) is 16.8 Å². The summed E-state index contributed by atoms with van der Waals surface area (Å²) < 4.78 is 0. The molecule has 0 saturated carbocycles. The van der Waals surface area contributed by atoms with Crippen LogP contribution in [0.4, 0.5) is 5.69 Å². The van der Waals surface area contributed by atoms with Crippen molar-refractivity contribution in [3.8, 4) is 0 Å². The minimum atomic E-state index is 0.562. The van der Waals surface area contributed by atoms with Crippen LogP contribution in [0, 0.1) is 6.92 Å². The van der Waals surface area contributed by atoms with Gasteiger partial charge < -0.3 is 4.90 Å². The number of hydrogen-bond donors (Lipinski definition) is 0. The molecule has 1 fully saturated rings. The molecule has 0 N–H and O–H groups in total. The molecule has 3 rings (SSSR count). The highest BCUT2D eigenvalue weighted by Crippen LogP contribution is 2.23. The quantitative estimate of drug-likeness (QED) is 0.862. The second-order valence-electron chi connectivity index (χ2n) is 5.91. The normalized spacial score (nSPS) is 19.7. The molecule has 0 bridgehead atoms. The SMILES string of the molecule is Cc1ccccc1N1CCN(Cc2ccncc2)C(C)C1. The van der Waals surface area contributed by atoms with Crippen molar-refractivity contribution in [1.29, 1.82) is 0 Å². The summed E-state index contributed by atoms with van der Waals surface area (Å²) in [7, 11) is 0. The van der Waals surface area contributed by atoms with Gasteiger partial charge >= 0.3 is 0 Å². The maximum absolute atomic E-state index is 4.09. The molecule has 3 nitrogen and oxygen atoms in total. The Morgan fingerprint density at radius 2 is 1.86 bits per heavy atom. The number of anilines is 1. The first kappa shape index (κ1) is 14.1. The molecule has 0 radical (unpaired) electrons. The molecular weight excluding hydrogens is 258 g/mol. The van der Waals surface area contributed by atoms with E-state index in [0.717, 1.165) is 26.2 Å². The Morgan fingerprint density at radius 1 is 1.10 bits per heavy atom. The third kappa shape index (κ3) is 3.24. The van der Waals surface area contributed by atoms with Crippen molar-refractivity contribution < 1.29 is 0 Å². The highest BCUT2D eigenvalue weighted by atomic mass is 15.3. The van der Waals surface area contributed by atoms with E-state index in [-0.39, 0.29) is 0 Å². The summed E-state index contributed by atoms with van der Waals surface area (Å²) >= 11 is 0. The van der Waals surface area contributed by atoms with Gasteiger partial charge in [0.2, 0.25) is 0 Å². The molecule has 1 aliphatic heterocycles. The van der Waals surface area contributed by atoms with E-state index in [2.05, 4.69) is 65.0 Å². The Hall–Kier alpha value is -1.87. The van der Waals surface area contributed by atoms with Crippen LogP contribution in [0.3, 0.4) is 0 Å². The first-order valence-electron chi connectivity index (χ1n) is 7.67. The zero-order chi connectivity index (χ0) is 14.7. The molecule has 110 valence electrons. The minimum Gasteiger partial charge on any atom is -0.368 e. The molecule has 0 aliphatic carbocycles. The summed E-state index contributed by atoms with van der Waals surface area (Å²) in [5.74, 6) is 0. The van der Waals surface area contributed by atoms with Crippen molar-refractivity contribution in [1.82, 2.24) is 9.88 Å². The molecule has 1 unspecified atom stereocenters. The number of para-hydroxylation sites is 1. The maximum Gasteiger partial charge on any atom is 0.0396 e. The Balaban J connectivity index is 1.66. The maximum atomic E-state index is 4.09. The summed E-state index contributed by atoms with van der Waals surface area (Å²) in [5, 5.41) is 0. The molecule has 2 heterocycles. The average Bonchev–Trinajstić information content (AvgIpc) is 2.51. The summed E-state index contributed by atoms with van der Waals surface area (Å²) in [6.07, 6.45) is 3.76. The van der Waals surface area contributed by atoms with E-state index >= 15 is 0 Å². The Labute approximate surface area is 127 Å². The smallest absolute Gasteiger partial charge is 0.0396 e. The van der Waals surface area contributed by atoms with E-state index < -0.39 is 0 Å². The van der Waals surface area contributed by atoms with Crippen molar-refractivity contribution in [2.24, 2.45) is 0 Å². The number of benzene rings is 1. The number of aryl methyl sites for hydroxylation is 1. The van der Waals surface area contributed by atoms with Gasteiger partial charge in [0.25, 0.3) is 0 Å². The van der Waals surface area contributed by atoms with E-state index in [4.69, 9.17) is 0 Å². The molecule has 21 heavy (non-hydrogen) atoms. The lowest BCUT2D eigenvalue weighted by molar-refractivity contribution is 0.181. The van der Waals surface area contributed by atoms with Crippen LogP contribution in [0.1, 0.15) is 18.1 Å². The van der Waals surface area contributed by atoms with Gasteiger partial charge in [0.1, 0.15) is 0 Å². The topological polar surface area (TPSA) is 19.4 Å². The van der Waals surface area contributed by atoms with Gasteiger partial charge in [-0.05, 0) is 43.2 Å². The summed E-state index contributed by atoms with van der Waals surface area (Å²) in [5.41, 5.74) is 4.10. The fourth-order valence-electron chi connectivity index (χ4n) is 3.09. The van der Waals surface area contributed by atoms with Crippen LogP contribution >= 0.6 is 0 Å². The summed E-state index contributed by atoms with van der Waals surface area (Å²) in [6, 6.07) is 13.5. The van der Waals surface area contributed by atoms with Crippen LogP contribution < -0.4 is 4.90 Å². The van der Waals surface area contributed by atoms with Crippen LogP contribution in [-0.4, -0.2) is 35.6 Å². The Morgan fingerprint density at radius 3 is 2.57 bits per heavy atom. The third-order valence-electron chi connectivity index (χ3n) is 4.36. The number of pyridine rings is 1. The molecule has 1 aromatic carbocycles. The van der Waals surface area contributed by atoms with Crippen LogP contribution in [0.25, 0.3) is 0 Å². The van der Waals surface area contributed by atoms with Crippen molar-refractivity contribution in [3.05, 3.63) is 59.9 Å². The van der Waals surface area contributed by atoms with Crippen LogP contribution in [-0.2, 0) is 6.54 Å². The number of piperazine rings is 1. The first-order valence-corrected chi connectivity index (χ1v) is 7.67. The van der Waals surface area contributed by atoms with Crippen molar-refractivity contribution >= 4 is 5.69 Å². The molecule has 1 saturated heterocycles. The second kappa shape index (κ2) is 6.27. The fraction of sp³-hybridized carbons (Fsp3) is 0.389. The molecule has 2 aromatic rings. The van der Waals surface area contributed by atoms with E-state index in [1.54, 1.807) is 0 Å². The monoisotopic (exact) mass is 281 g/mol. The lowest BCUT2D eigenvalue weighted by Crippen LogP contribution is -2.51. The lowest BCUT2D eigenvalue weighted by atomic mass is 10.1. The van der Waals surface area contributed by atoms with Gasteiger partial charge in [0.05, 0.1) is 0 Å². The summed E-state index contributed by atoms with van der Waals surface area (Å²) in [4.78, 5) is 9.17. The second-order valence-corrected chi connectivity index (χ2v) is 5.91. The van der Waals surface area contributed by atoms with Crippen molar-refractivity contribution in [3.63, 3.8) is 0 Å². The molecular formula is C18H23N3. The van der Waals surface area contributed by atoms with E-state index in [9.17, 15) is 0 Å². The molecule has 0 spiro atoms. The number of nitrogens with zero attached hydrogens (tertiary/aromatic N) is 3. The van der Waals surface area contributed by atoms with Crippen LogP contribution in [0.2, 0.25) is 0 Å².